The molecule has 0 amide bonds. The lowest BCUT2D eigenvalue weighted by molar-refractivity contribution is -0.106. The Kier molecular flexibility index (Phi) is 38.7. The van der Waals surface area contributed by atoms with Crippen LogP contribution in [0.3, 0.4) is 0 Å². The molecule has 0 unspecified atom stereocenters. The molecule has 2 rings (SSSR count). The number of carbonyl (C=O) groups is 1. The van der Waals surface area contributed by atoms with E-state index in [2.05, 4.69) is 97.6 Å². The molecule has 41 heavy (non-hydrogen) atoms. The Bertz CT molecular complexity index is 791. The normalized spacial score (nSPS) is 12.0. The van der Waals surface area contributed by atoms with Gasteiger partial charge in [0.1, 0.15) is 6.29 Å². The summed E-state index contributed by atoms with van der Waals surface area (Å²) in [6.07, 6.45) is 13.2. The minimum atomic E-state index is 0. The lowest BCUT2D eigenvalue weighted by atomic mass is 9.95. The number of allylic oxidation sites excluding steroid dienone is 5. The van der Waals surface area contributed by atoms with Crippen molar-refractivity contribution in [3.05, 3.63) is 64.8 Å². The van der Waals surface area contributed by atoms with Gasteiger partial charge in [-0.3, -0.25) is 0 Å². The number of benzene rings is 1. The molecular weight excluding hydrogens is 502 g/mol. The lowest BCUT2D eigenvalue weighted by Crippen LogP contribution is -2.15. The number of aliphatic hydroxyl groups excluding tert-OH is 1. The van der Waals surface area contributed by atoms with Crippen molar-refractivity contribution in [3.63, 3.8) is 0 Å². The van der Waals surface area contributed by atoms with Crippen LogP contribution in [0.1, 0.15) is 153 Å². The van der Waals surface area contributed by atoms with Gasteiger partial charge in [0.15, 0.2) is 0 Å². The van der Waals surface area contributed by atoms with Gasteiger partial charge in [-0.15, -0.1) is 0 Å². The molecule has 0 aromatic heterocycles. The van der Waals surface area contributed by atoms with E-state index in [0.717, 1.165) is 24.4 Å². The summed E-state index contributed by atoms with van der Waals surface area (Å²) >= 11 is 0. The first kappa shape index (κ1) is 48.7. The maximum absolute atomic E-state index is 8.81. The predicted octanol–water partition coefficient (Wildman–Crippen LogP) is 11.7. The van der Waals surface area contributed by atoms with E-state index in [4.69, 9.17) is 9.90 Å². The lowest BCUT2D eigenvalue weighted by Gasteiger charge is -2.12. The van der Waals surface area contributed by atoms with Gasteiger partial charge in [-0.25, -0.2) is 0 Å². The van der Waals surface area contributed by atoms with E-state index >= 15 is 0 Å². The topological polar surface area (TPSA) is 49.3 Å². The maximum Gasteiger partial charge on any atom is 0.116 e. The zero-order valence-corrected chi connectivity index (χ0v) is 29.3. The van der Waals surface area contributed by atoms with E-state index in [-0.39, 0.29) is 19.4 Å². The van der Waals surface area contributed by atoms with Crippen LogP contribution in [0.5, 0.6) is 0 Å². The maximum atomic E-state index is 8.81. The van der Waals surface area contributed by atoms with Gasteiger partial charge in [-0.05, 0) is 86.8 Å². The van der Waals surface area contributed by atoms with Crippen molar-refractivity contribution in [1.82, 2.24) is 5.32 Å². The number of carbonyl (C=O) groups excluding carboxylic acids is 1. The monoisotopic (exact) mass is 576 g/mol. The van der Waals surface area contributed by atoms with Crippen molar-refractivity contribution in [3.8, 4) is 0 Å². The van der Waals surface area contributed by atoms with Crippen molar-refractivity contribution >= 4 is 11.9 Å². The molecule has 3 nitrogen and oxygen atoms in total. The average Bonchev–Trinajstić information content (AvgIpc) is 3.74. The minimum absolute atomic E-state index is 0. The highest BCUT2D eigenvalue weighted by Gasteiger charge is 2.20. The van der Waals surface area contributed by atoms with Crippen molar-refractivity contribution in [2.24, 2.45) is 5.41 Å². The molecule has 0 spiro atoms. The fourth-order valence-corrected chi connectivity index (χ4v) is 2.67. The number of rotatable bonds is 8. The van der Waals surface area contributed by atoms with E-state index in [9.17, 15) is 0 Å². The van der Waals surface area contributed by atoms with Crippen LogP contribution in [-0.4, -0.2) is 24.0 Å². The van der Waals surface area contributed by atoms with E-state index in [1.807, 2.05) is 34.6 Å². The summed E-state index contributed by atoms with van der Waals surface area (Å²) in [5.74, 6) is 0. The van der Waals surface area contributed by atoms with Gasteiger partial charge < -0.3 is 15.2 Å². The van der Waals surface area contributed by atoms with Gasteiger partial charge in [-0.2, -0.15) is 0 Å². The third-order valence-electron chi connectivity index (χ3n) is 5.32. The summed E-state index contributed by atoms with van der Waals surface area (Å²) in [6.45, 7) is 33.8. The third kappa shape index (κ3) is 34.1. The largest absolute Gasteiger partial charge is 0.396 e. The summed E-state index contributed by atoms with van der Waals surface area (Å²) in [6, 6.07) is 7.53. The van der Waals surface area contributed by atoms with Gasteiger partial charge in [0.25, 0.3) is 0 Å². The smallest absolute Gasteiger partial charge is 0.116 e. The Morgan fingerprint density at radius 3 is 1.78 bits per heavy atom. The summed E-state index contributed by atoms with van der Waals surface area (Å²) < 4.78 is 0. The zero-order chi connectivity index (χ0) is 32.1. The number of unbranched alkanes of at least 4 members (excludes halogenated alkanes) is 2. The Morgan fingerprint density at radius 1 is 1.05 bits per heavy atom. The highest BCUT2D eigenvalue weighted by atomic mass is 16.3. The van der Waals surface area contributed by atoms with Gasteiger partial charge >= 0.3 is 0 Å². The number of hydrogen-bond donors (Lipinski definition) is 2. The molecular formula is C38H73NO2. The Balaban J connectivity index is -0.000000178. The van der Waals surface area contributed by atoms with Crippen LogP contribution in [0, 0.1) is 12.3 Å². The first-order chi connectivity index (χ1) is 18.8. The minimum Gasteiger partial charge on any atom is -0.396 e. The van der Waals surface area contributed by atoms with E-state index in [1.54, 1.807) is 0 Å². The molecule has 1 aromatic rings. The highest BCUT2D eigenvalue weighted by molar-refractivity contribution is 5.77. The number of aldehydes is 1. The summed E-state index contributed by atoms with van der Waals surface area (Å²) in [5, 5.41) is 12.0. The molecule has 0 atom stereocenters. The SMILES string of the molecule is C.C=C(C)/C(C)=C\C(=C/C)c1cc(CNC2CC2)ccc1C.CC.CC(C)(C)CO.CC=O.CCC.CCCCC. The van der Waals surface area contributed by atoms with Crippen LogP contribution in [0.25, 0.3) is 5.57 Å². The molecule has 0 radical (unpaired) electrons. The second kappa shape index (κ2) is 32.5. The molecule has 2 N–H and O–H groups in total. The number of hydrogen-bond acceptors (Lipinski definition) is 3. The molecule has 0 heterocycles. The van der Waals surface area contributed by atoms with Crippen LogP contribution in [0.2, 0.25) is 0 Å². The predicted molar refractivity (Wildman–Crippen MR) is 191 cm³/mol. The van der Waals surface area contributed by atoms with Gasteiger partial charge in [-0.1, -0.05) is 132 Å². The van der Waals surface area contributed by atoms with Crippen LogP contribution in [0.4, 0.5) is 0 Å². The second-order valence-electron chi connectivity index (χ2n) is 11.2. The zero-order valence-electron chi connectivity index (χ0n) is 29.3. The van der Waals surface area contributed by atoms with Crippen molar-refractivity contribution in [1.29, 1.82) is 0 Å². The van der Waals surface area contributed by atoms with E-state index < -0.39 is 0 Å². The molecule has 1 aromatic carbocycles. The summed E-state index contributed by atoms with van der Waals surface area (Å²) in [7, 11) is 0. The Labute approximate surface area is 259 Å². The van der Waals surface area contributed by atoms with Crippen LogP contribution >= 0.6 is 0 Å². The van der Waals surface area contributed by atoms with Crippen LogP contribution in [0.15, 0.2) is 48.1 Å². The quantitative estimate of drug-likeness (QED) is 0.239. The van der Waals surface area contributed by atoms with Gasteiger partial charge in [0, 0.05) is 19.2 Å². The summed E-state index contributed by atoms with van der Waals surface area (Å²) in [4.78, 5) is 8.81. The molecule has 1 saturated carbocycles. The summed E-state index contributed by atoms with van der Waals surface area (Å²) in [5.41, 5.74) is 7.75. The molecule has 0 aliphatic heterocycles. The number of aliphatic hydroxyl groups is 1. The standard InChI is InChI=1S/C20H27N.C5H12O.C5H12.C3H8.C2H4O.C2H6.CH4/c1-6-18(11-16(5)14(2)3)20-12-17(8-7-15(20)4)13-21-19-9-10-19;1-5(2,3)4-6;1-3-5-4-2;1-3-2;1-2-3;1-2;/h6-8,11-12,19,21H,2,9-10,13H2,1,3-5H3;6H,4H2,1-3H3;3-5H2,1-2H3;3H2,1-2H3;2H,1H3;1-2H3;1H4/b16-11-,18-6+;;;;;;. The molecule has 1 aliphatic carbocycles. The molecule has 1 fully saturated rings. The fourth-order valence-electron chi connectivity index (χ4n) is 2.67. The molecule has 242 valence electrons. The van der Waals surface area contributed by atoms with Gasteiger partial charge in [0.2, 0.25) is 0 Å². The van der Waals surface area contributed by atoms with Crippen molar-refractivity contribution < 1.29 is 9.90 Å². The molecule has 3 heteroatoms. The second-order valence-corrected chi connectivity index (χ2v) is 11.2. The van der Waals surface area contributed by atoms with Crippen LogP contribution in [-0.2, 0) is 11.3 Å². The van der Waals surface area contributed by atoms with E-state index in [1.165, 1.54) is 73.3 Å². The first-order valence-electron chi connectivity index (χ1n) is 15.7. The van der Waals surface area contributed by atoms with Crippen LogP contribution < -0.4 is 5.32 Å². The molecule has 0 bridgehead atoms. The average molecular weight is 576 g/mol. The number of nitrogens with one attached hydrogen (secondary N) is 1. The molecule has 0 saturated heterocycles. The third-order valence-corrected chi connectivity index (χ3v) is 5.32. The Morgan fingerprint density at radius 2 is 1.49 bits per heavy atom. The van der Waals surface area contributed by atoms with E-state index in [0.29, 0.717) is 0 Å². The first-order valence-corrected chi connectivity index (χ1v) is 15.7. The number of aryl methyl sites for hydroxylation is 1. The van der Waals surface area contributed by atoms with Gasteiger partial charge in [0.05, 0.1) is 0 Å². The molecule has 1 aliphatic rings. The van der Waals surface area contributed by atoms with Crippen molar-refractivity contribution in [2.45, 2.75) is 155 Å². The highest BCUT2D eigenvalue weighted by Crippen LogP contribution is 2.25. The van der Waals surface area contributed by atoms with Crippen molar-refractivity contribution in [2.75, 3.05) is 6.61 Å². The fraction of sp³-hybridized carbons (Fsp3) is 0.658. The Hall–Kier alpha value is -1.97.